The first-order valence-electron chi connectivity index (χ1n) is 6.15. The van der Waals surface area contributed by atoms with Crippen LogP contribution >= 0.6 is 0 Å². The van der Waals surface area contributed by atoms with Gasteiger partial charge in [0.2, 0.25) is 0 Å². The van der Waals surface area contributed by atoms with Crippen molar-refractivity contribution >= 4 is 16.7 Å². The van der Waals surface area contributed by atoms with Gasteiger partial charge in [-0.15, -0.1) is 0 Å². The van der Waals surface area contributed by atoms with Crippen LogP contribution in [0.25, 0.3) is 10.9 Å². The fourth-order valence-electron chi connectivity index (χ4n) is 2.37. The molecule has 0 bridgehead atoms. The number of H-pyrrole nitrogens is 1. The summed E-state index contributed by atoms with van der Waals surface area (Å²) >= 11 is 0. The fraction of sp³-hybridized carbons (Fsp3) is 0.400. The van der Waals surface area contributed by atoms with Gasteiger partial charge in [0.05, 0.1) is 0 Å². The third kappa shape index (κ3) is 2.41. The van der Waals surface area contributed by atoms with Gasteiger partial charge in [-0.1, -0.05) is 12.1 Å². The molecule has 0 saturated heterocycles. The van der Waals surface area contributed by atoms with Crippen LogP contribution in [0.1, 0.15) is 36.5 Å². The average molecular weight is 229 g/mol. The number of aryl methyl sites for hydroxylation is 3. The molecule has 0 atom stereocenters. The van der Waals surface area contributed by atoms with Crippen LogP contribution in [-0.4, -0.2) is 10.8 Å². The zero-order chi connectivity index (χ0) is 12.4. The molecule has 2 nitrogen and oxygen atoms in total. The van der Waals surface area contributed by atoms with Crippen molar-refractivity contribution in [3.8, 4) is 0 Å². The Morgan fingerprint density at radius 3 is 2.65 bits per heavy atom. The largest absolute Gasteiger partial charge is 0.361 e. The summed E-state index contributed by atoms with van der Waals surface area (Å²) in [5.41, 5.74) is 5.17. The smallest absolute Gasteiger partial charge is 0.129 e. The maximum atomic E-state index is 10.9. The first-order valence-corrected chi connectivity index (χ1v) is 6.15. The second-order valence-corrected chi connectivity index (χ2v) is 4.82. The van der Waals surface area contributed by atoms with Gasteiger partial charge in [-0.05, 0) is 50.3 Å². The lowest BCUT2D eigenvalue weighted by atomic mass is 10.0. The van der Waals surface area contributed by atoms with E-state index in [0.717, 1.165) is 12.8 Å². The van der Waals surface area contributed by atoms with Gasteiger partial charge in [-0.3, -0.25) is 0 Å². The Kier molecular flexibility index (Phi) is 3.32. The summed E-state index contributed by atoms with van der Waals surface area (Å²) in [5, 5.41) is 1.34. The Morgan fingerprint density at radius 2 is 1.94 bits per heavy atom. The van der Waals surface area contributed by atoms with Gasteiger partial charge >= 0.3 is 0 Å². The van der Waals surface area contributed by atoms with E-state index in [1.807, 2.05) is 0 Å². The predicted molar refractivity (Wildman–Crippen MR) is 71.4 cm³/mol. The first kappa shape index (κ1) is 11.9. The number of aromatic nitrogens is 1. The van der Waals surface area contributed by atoms with Crippen molar-refractivity contribution in [1.82, 2.24) is 4.98 Å². The highest BCUT2D eigenvalue weighted by molar-refractivity contribution is 5.89. The number of carbonyl (C=O) groups excluding carboxylic acids is 1. The summed E-state index contributed by atoms with van der Waals surface area (Å²) < 4.78 is 0. The summed E-state index contributed by atoms with van der Waals surface area (Å²) in [6.45, 7) is 5.92. The molecule has 0 saturated carbocycles. The monoisotopic (exact) mass is 229 g/mol. The van der Waals surface area contributed by atoms with E-state index in [-0.39, 0.29) is 5.78 Å². The minimum atomic E-state index is 0.276. The Morgan fingerprint density at radius 1 is 1.24 bits per heavy atom. The maximum Gasteiger partial charge on any atom is 0.129 e. The molecule has 0 radical (unpaired) electrons. The number of benzene rings is 1. The van der Waals surface area contributed by atoms with Gasteiger partial charge in [-0.2, -0.15) is 0 Å². The highest BCUT2D eigenvalue weighted by Gasteiger charge is 2.08. The van der Waals surface area contributed by atoms with Crippen LogP contribution in [0.2, 0.25) is 0 Å². The van der Waals surface area contributed by atoms with Crippen molar-refractivity contribution in [3.63, 3.8) is 0 Å². The molecule has 0 fully saturated rings. The summed E-state index contributed by atoms with van der Waals surface area (Å²) in [4.78, 5) is 14.3. The van der Waals surface area contributed by atoms with Gasteiger partial charge in [0.25, 0.3) is 0 Å². The number of hydrogen-bond acceptors (Lipinski definition) is 1. The topological polar surface area (TPSA) is 32.9 Å². The molecule has 2 heteroatoms. The normalized spacial score (nSPS) is 11.0. The highest BCUT2D eigenvalue weighted by Crippen LogP contribution is 2.26. The molecule has 0 aliphatic carbocycles. The van der Waals surface area contributed by atoms with E-state index in [0.29, 0.717) is 6.42 Å². The molecule has 1 aromatic heterocycles. The van der Waals surface area contributed by atoms with E-state index < -0.39 is 0 Å². The minimum absolute atomic E-state index is 0.276. The van der Waals surface area contributed by atoms with Crippen molar-refractivity contribution in [2.24, 2.45) is 0 Å². The lowest BCUT2D eigenvalue weighted by Crippen LogP contribution is -1.92. The van der Waals surface area contributed by atoms with Crippen LogP contribution in [-0.2, 0) is 11.2 Å². The second kappa shape index (κ2) is 4.74. The maximum absolute atomic E-state index is 10.9. The number of Topliss-reactive ketones (excluding diaryl/α,β-unsaturated/α-hetero) is 1. The Labute approximate surface area is 102 Å². The fourth-order valence-corrected chi connectivity index (χ4v) is 2.37. The molecule has 2 aromatic rings. The molecule has 17 heavy (non-hydrogen) atoms. The van der Waals surface area contributed by atoms with Crippen LogP contribution in [0.3, 0.4) is 0 Å². The van der Waals surface area contributed by atoms with Crippen molar-refractivity contribution in [2.75, 3.05) is 0 Å². The number of fused-ring (bicyclic) bond motifs is 1. The summed E-state index contributed by atoms with van der Waals surface area (Å²) in [7, 11) is 0. The van der Waals surface area contributed by atoms with E-state index in [2.05, 4.69) is 37.2 Å². The molecular formula is C15H19NO. The summed E-state index contributed by atoms with van der Waals surface area (Å²) in [6, 6.07) is 4.31. The van der Waals surface area contributed by atoms with E-state index in [4.69, 9.17) is 0 Å². The molecule has 0 unspecified atom stereocenters. The Hall–Kier alpha value is -1.57. The summed E-state index contributed by atoms with van der Waals surface area (Å²) in [6.07, 6.45) is 4.68. The third-order valence-corrected chi connectivity index (χ3v) is 3.31. The molecule has 1 heterocycles. The van der Waals surface area contributed by atoms with Crippen LogP contribution in [0, 0.1) is 13.8 Å². The average Bonchev–Trinajstić information content (AvgIpc) is 2.68. The minimum Gasteiger partial charge on any atom is -0.361 e. The summed E-state index contributed by atoms with van der Waals surface area (Å²) in [5.74, 6) is 0.276. The Balaban J connectivity index is 2.29. The standard InChI is InChI=1S/C15H19NO/c1-10-7-8-11(2)15-14(10)13(9-16-15)6-4-5-12(3)17/h7-9,16H,4-6H2,1-3H3. The molecule has 0 spiro atoms. The molecule has 90 valence electrons. The van der Waals surface area contributed by atoms with Crippen molar-refractivity contribution in [1.29, 1.82) is 0 Å². The molecule has 0 aliphatic rings. The van der Waals surface area contributed by atoms with Gasteiger partial charge in [0.1, 0.15) is 5.78 Å². The second-order valence-electron chi connectivity index (χ2n) is 4.82. The number of nitrogens with one attached hydrogen (secondary N) is 1. The molecule has 2 rings (SSSR count). The van der Waals surface area contributed by atoms with Crippen LogP contribution < -0.4 is 0 Å². The number of ketones is 1. The van der Waals surface area contributed by atoms with Gasteiger partial charge < -0.3 is 9.78 Å². The lowest BCUT2D eigenvalue weighted by Gasteiger charge is -2.03. The molecular weight excluding hydrogens is 210 g/mol. The number of carbonyl (C=O) groups is 1. The van der Waals surface area contributed by atoms with Crippen molar-refractivity contribution in [2.45, 2.75) is 40.0 Å². The van der Waals surface area contributed by atoms with E-state index in [1.165, 1.54) is 27.6 Å². The van der Waals surface area contributed by atoms with Gasteiger partial charge in [0, 0.05) is 23.5 Å². The zero-order valence-corrected chi connectivity index (χ0v) is 10.8. The van der Waals surface area contributed by atoms with E-state index in [1.54, 1.807) is 6.92 Å². The number of aromatic amines is 1. The van der Waals surface area contributed by atoms with Crippen LogP contribution in [0.4, 0.5) is 0 Å². The highest BCUT2D eigenvalue weighted by atomic mass is 16.1. The third-order valence-electron chi connectivity index (χ3n) is 3.31. The number of rotatable bonds is 4. The quantitative estimate of drug-likeness (QED) is 0.852. The Bertz CT molecular complexity index is 551. The SMILES string of the molecule is CC(=O)CCCc1c[nH]c2c(C)ccc(C)c12. The predicted octanol–water partition coefficient (Wildman–Crippen LogP) is 3.70. The molecule has 1 aromatic carbocycles. The van der Waals surface area contributed by atoms with Crippen LogP contribution in [0.5, 0.6) is 0 Å². The van der Waals surface area contributed by atoms with E-state index in [9.17, 15) is 4.79 Å². The lowest BCUT2D eigenvalue weighted by molar-refractivity contribution is -0.117. The molecule has 1 N–H and O–H groups in total. The zero-order valence-electron chi connectivity index (χ0n) is 10.8. The van der Waals surface area contributed by atoms with Crippen molar-refractivity contribution in [3.05, 3.63) is 35.0 Å². The first-order chi connectivity index (χ1) is 8.09. The van der Waals surface area contributed by atoms with Crippen molar-refractivity contribution < 1.29 is 4.79 Å². The van der Waals surface area contributed by atoms with Crippen LogP contribution in [0.15, 0.2) is 18.3 Å². The number of hydrogen-bond donors (Lipinski definition) is 1. The van der Waals surface area contributed by atoms with Gasteiger partial charge in [0.15, 0.2) is 0 Å². The van der Waals surface area contributed by atoms with Gasteiger partial charge in [-0.25, -0.2) is 0 Å². The molecule has 0 aliphatic heterocycles. The van der Waals surface area contributed by atoms with E-state index >= 15 is 0 Å². The molecule has 0 amide bonds.